The molecule has 1 amide bonds. The molecule has 3 N–H and O–H groups in total. The number of pyridine rings is 1. The second kappa shape index (κ2) is 7.95. The van der Waals surface area contributed by atoms with E-state index < -0.39 is 0 Å². The Kier molecular flexibility index (Phi) is 5.95. The van der Waals surface area contributed by atoms with E-state index in [4.69, 9.17) is 5.73 Å². The molecule has 0 bridgehead atoms. The summed E-state index contributed by atoms with van der Waals surface area (Å²) >= 11 is 0. The maximum absolute atomic E-state index is 11.7. The molecule has 0 aromatic carbocycles. The summed E-state index contributed by atoms with van der Waals surface area (Å²) in [6, 6.07) is 6.09. The van der Waals surface area contributed by atoms with Crippen LogP contribution in [-0.4, -0.2) is 61.1 Å². The number of anilines is 1. The highest BCUT2D eigenvalue weighted by Crippen LogP contribution is 2.14. The zero-order chi connectivity index (χ0) is 15.1. The van der Waals surface area contributed by atoms with E-state index in [0.29, 0.717) is 19.5 Å². The number of rotatable bonds is 6. The predicted molar refractivity (Wildman–Crippen MR) is 84.2 cm³/mol. The second-order valence-corrected chi connectivity index (χ2v) is 5.26. The minimum Gasteiger partial charge on any atom is -0.356 e. The summed E-state index contributed by atoms with van der Waals surface area (Å²) in [6.45, 7) is 6.78. The molecule has 1 fully saturated rings. The molecule has 6 nitrogen and oxygen atoms in total. The fourth-order valence-electron chi connectivity index (χ4n) is 2.70. The Morgan fingerprint density at radius 2 is 2.14 bits per heavy atom. The first-order valence-electron chi connectivity index (χ1n) is 7.61. The van der Waals surface area contributed by atoms with Crippen molar-refractivity contribution in [3.63, 3.8) is 0 Å². The fourth-order valence-corrected chi connectivity index (χ4v) is 2.70. The molecule has 1 atom stereocenters. The van der Waals surface area contributed by atoms with Crippen LogP contribution in [0.1, 0.15) is 13.3 Å². The molecule has 116 valence electrons. The van der Waals surface area contributed by atoms with Crippen molar-refractivity contribution in [1.82, 2.24) is 15.2 Å². The topological polar surface area (TPSA) is 74.5 Å². The van der Waals surface area contributed by atoms with Crippen molar-refractivity contribution in [3.8, 4) is 0 Å². The van der Waals surface area contributed by atoms with Crippen LogP contribution in [0.3, 0.4) is 0 Å². The van der Waals surface area contributed by atoms with E-state index >= 15 is 0 Å². The summed E-state index contributed by atoms with van der Waals surface area (Å²) in [6.07, 6.45) is 2.30. The van der Waals surface area contributed by atoms with Gasteiger partial charge in [0.1, 0.15) is 5.82 Å². The average molecular weight is 291 g/mol. The van der Waals surface area contributed by atoms with Crippen molar-refractivity contribution < 1.29 is 4.79 Å². The van der Waals surface area contributed by atoms with E-state index in [1.165, 1.54) is 0 Å². The zero-order valence-corrected chi connectivity index (χ0v) is 12.7. The molecule has 0 radical (unpaired) electrons. The van der Waals surface area contributed by atoms with Gasteiger partial charge in [0.2, 0.25) is 5.91 Å². The Morgan fingerprint density at radius 3 is 2.71 bits per heavy atom. The van der Waals surface area contributed by atoms with Crippen molar-refractivity contribution in [3.05, 3.63) is 24.4 Å². The summed E-state index contributed by atoms with van der Waals surface area (Å²) < 4.78 is 0. The molecule has 0 spiro atoms. The monoisotopic (exact) mass is 291 g/mol. The van der Waals surface area contributed by atoms with Gasteiger partial charge in [-0.15, -0.1) is 0 Å². The van der Waals surface area contributed by atoms with Crippen molar-refractivity contribution in [2.24, 2.45) is 5.73 Å². The molecule has 1 aromatic rings. The van der Waals surface area contributed by atoms with Gasteiger partial charge in [0.15, 0.2) is 0 Å². The van der Waals surface area contributed by atoms with Crippen LogP contribution in [0.2, 0.25) is 0 Å². The van der Waals surface area contributed by atoms with E-state index in [2.05, 4.69) is 20.1 Å². The predicted octanol–water partition coefficient (Wildman–Crippen LogP) is 0.0571. The van der Waals surface area contributed by atoms with Gasteiger partial charge in [0, 0.05) is 57.9 Å². The third kappa shape index (κ3) is 4.41. The zero-order valence-electron chi connectivity index (χ0n) is 12.7. The van der Waals surface area contributed by atoms with Crippen molar-refractivity contribution >= 4 is 11.7 Å². The number of hydrogen-bond donors (Lipinski definition) is 2. The number of carbonyl (C=O) groups excluding carboxylic acids is 1. The maximum atomic E-state index is 11.7. The molecule has 1 aliphatic rings. The van der Waals surface area contributed by atoms with Gasteiger partial charge in [0.05, 0.1) is 0 Å². The molecule has 0 saturated carbocycles. The Labute approximate surface area is 126 Å². The number of piperazine rings is 1. The first-order chi connectivity index (χ1) is 10.2. The molecule has 0 aliphatic carbocycles. The van der Waals surface area contributed by atoms with E-state index in [0.717, 1.165) is 32.0 Å². The number of nitrogens with two attached hydrogens (primary N) is 1. The lowest BCUT2D eigenvalue weighted by molar-refractivity contribution is -0.122. The molecule has 1 aromatic heterocycles. The summed E-state index contributed by atoms with van der Waals surface area (Å²) in [5, 5.41) is 2.84. The molecule has 1 aliphatic heterocycles. The van der Waals surface area contributed by atoms with Gasteiger partial charge in [-0.25, -0.2) is 4.98 Å². The Hall–Kier alpha value is -1.66. The van der Waals surface area contributed by atoms with Gasteiger partial charge in [-0.2, -0.15) is 0 Å². The van der Waals surface area contributed by atoms with E-state index in [1.807, 2.05) is 31.3 Å². The minimum absolute atomic E-state index is 0.0834. The average Bonchev–Trinajstić information content (AvgIpc) is 2.54. The van der Waals surface area contributed by atoms with Crippen molar-refractivity contribution in [2.75, 3.05) is 44.2 Å². The van der Waals surface area contributed by atoms with Crippen LogP contribution < -0.4 is 16.0 Å². The van der Waals surface area contributed by atoms with Crippen LogP contribution in [0.4, 0.5) is 5.82 Å². The number of nitrogens with one attached hydrogen (secondary N) is 1. The molecular formula is C15H25N5O. The summed E-state index contributed by atoms with van der Waals surface area (Å²) in [5.74, 6) is 1.10. The number of amides is 1. The fraction of sp³-hybridized carbons (Fsp3) is 0.600. The van der Waals surface area contributed by atoms with Gasteiger partial charge in [-0.05, 0) is 19.1 Å². The Morgan fingerprint density at radius 1 is 1.38 bits per heavy atom. The Bertz CT molecular complexity index is 431. The minimum atomic E-state index is 0.0834. The number of nitrogens with zero attached hydrogens (tertiary/aromatic N) is 3. The van der Waals surface area contributed by atoms with Crippen molar-refractivity contribution in [1.29, 1.82) is 0 Å². The highest BCUT2D eigenvalue weighted by Gasteiger charge is 2.25. The Balaban J connectivity index is 1.85. The van der Waals surface area contributed by atoms with Gasteiger partial charge >= 0.3 is 0 Å². The van der Waals surface area contributed by atoms with Crippen LogP contribution in [0, 0.1) is 0 Å². The molecule has 2 heterocycles. The molecule has 1 saturated heterocycles. The second-order valence-electron chi connectivity index (χ2n) is 5.26. The summed E-state index contributed by atoms with van der Waals surface area (Å²) in [5.41, 5.74) is 5.85. The van der Waals surface area contributed by atoms with Gasteiger partial charge in [0.25, 0.3) is 0 Å². The molecular weight excluding hydrogens is 266 g/mol. The van der Waals surface area contributed by atoms with Gasteiger partial charge < -0.3 is 16.0 Å². The standard InChI is InChI=1S/C15H25N5O/c1-2-17-15(21)11-13(12-16)19-7-9-20(10-8-19)14-5-3-4-6-18-14/h3-6,13H,2,7-12,16H2,1H3,(H,17,21). The maximum Gasteiger partial charge on any atom is 0.221 e. The lowest BCUT2D eigenvalue weighted by atomic mass is 10.1. The molecule has 21 heavy (non-hydrogen) atoms. The van der Waals surface area contributed by atoms with Crippen molar-refractivity contribution in [2.45, 2.75) is 19.4 Å². The number of hydrogen-bond acceptors (Lipinski definition) is 5. The first-order valence-corrected chi connectivity index (χ1v) is 7.61. The SMILES string of the molecule is CCNC(=O)CC(CN)N1CCN(c2ccccn2)CC1. The smallest absolute Gasteiger partial charge is 0.221 e. The molecule has 6 heteroatoms. The molecule has 1 unspecified atom stereocenters. The molecule has 2 rings (SSSR count). The number of aromatic nitrogens is 1. The normalized spacial score (nSPS) is 17.5. The lowest BCUT2D eigenvalue weighted by Gasteiger charge is -2.39. The van der Waals surface area contributed by atoms with E-state index in [1.54, 1.807) is 0 Å². The number of carbonyl (C=O) groups is 1. The summed E-state index contributed by atoms with van der Waals surface area (Å²) in [7, 11) is 0. The highest BCUT2D eigenvalue weighted by atomic mass is 16.1. The third-order valence-corrected chi connectivity index (χ3v) is 3.87. The van der Waals surface area contributed by atoms with Crippen LogP contribution in [0.25, 0.3) is 0 Å². The van der Waals surface area contributed by atoms with E-state index in [-0.39, 0.29) is 11.9 Å². The first kappa shape index (κ1) is 15.7. The largest absolute Gasteiger partial charge is 0.356 e. The van der Waals surface area contributed by atoms with E-state index in [9.17, 15) is 4.79 Å². The van der Waals surface area contributed by atoms with Crippen LogP contribution in [-0.2, 0) is 4.79 Å². The third-order valence-electron chi connectivity index (χ3n) is 3.87. The van der Waals surface area contributed by atoms with Crippen LogP contribution in [0.15, 0.2) is 24.4 Å². The van der Waals surface area contributed by atoms with Gasteiger partial charge in [-0.1, -0.05) is 6.07 Å². The quantitative estimate of drug-likeness (QED) is 0.775. The summed E-state index contributed by atoms with van der Waals surface area (Å²) in [4.78, 5) is 20.7. The lowest BCUT2D eigenvalue weighted by Crippen LogP contribution is -2.53. The van der Waals surface area contributed by atoms with Crippen LogP contribution in [0.5, 0.6) is 0 Å². The highest BCUT2D eigenvalue weighted by molar-refractivity contribution is 5.76. The van der Waals surface area contributed by atoms with Crippen LogP contribution >= 0.6 is 0 Å². The van der Waals surface area contributed by atoms with Gasteiger partial charge in [-0.3, -0.25) is 9.69 Å².